The van der Waals surface area contributed by atoms with Gasteiger partial charge in [0.05, 0.1) is 24.1 Å². The Morgan fingerprint density at radius 3 is 3.12 bits per heavy atom. The maximum absolute atomic E-state index is 11.8. The summed E-state index contributed by atoms with van der Waals surface area (Å²) in [5, 5.41) is 9.09. The Morgan fingerprint density at radius 1 is 1.47 bits per heavy atom. The van der Waals surface area contributed by atoms with E-state index in [4.69, 9.17) is 5.11 Å². The first-order chi connectivity index (χ1) is 8.29. The Balaban J connectivity index is 2.00. The molecule has 17 heavy (non-hydrogen) atoms. The van der Waals surface area contributed by atoms with Gasteiger partial charge in [-0.25, -0.2) is 4.99 Å². The molecule has 0 aromatic heterocycles. The van der Waals surface area contributed by atoms with E-state index >= 15 is 0 Å². The monoisotopic (exact) mass is 248 g/mol. The molecule has 2 aliphatic heterocycles. The molecule has 4 nitrogen and oxygen atoms in total. The summed E-state index contributed by atoms with van der Waals surface area (Å²) >= 11 is 1.69. The lowest BCUT2D eigenvalue weighted by Gasteiger charge is -2.22. The molecule has 0 aliphatic carbocycles. The highest BCUT2D eigenvalue weighted by Gasteiger charge is 2.39. The van der Waals surface area contributed by atoms with Crippen molar-refractivity contribution in [1.29, 1.82) is 0 Å². The third-order valence-electron chi connectivity index (χ3n) is 2.92. The van der Waals surface area contributed by atoms with E-state index in [1.54, 1.807) is 16.7 Å². The zero-order valence-electron chi connectivity index (χ0n) is 9.17. The van der Waals surface area contributed by atoms with Crippen molar-refractivity contribution in [2.24, 2.45) is 4.99 Å². The Bertz CT molecular complexity index is 501. The molecule has 2 heterocycles. The molecule has 2 aliphatic rings. The summed E-state index contributed by atoms with van der Waals surface area (Å²) < 4.78 is 0. The van der Waals surface area contributed by atoms with Gasteiger partial charge in [0.15, 0.2) is 0 Å². The van der Waals surface area contributed by atoms with Crippen LogP contribution in [0.2, 0.25) is 0 Å². The van der Waals surface area contributed by atoms with Crippen molar-refractivity contribution in [2.75, 3.05) is 13.2 Å². The fraction of sp³-hybridized carbons (Fsp3) is 0.333. The summed E-state index contributed by atoms with van der Waals surface area (Å²) in [6.45, 7) is 0.320. The molecule has 1 fully saturated rings. The molecule has 5 heteroatoms. The number of carbonyl (C=O) groups is 1. The third kappa shape index (κ3) is 1.75. The van der Waals surface area contributed by atoms with Crippen LogP contribution >= 0.6 is 11.8 Å². The number of fused-ring (bicyclic) bond motifs is 2. The Labute approximate surface area is 103 Å². The van der Waals surface area contributed by atoms with Gasteiger partial charge in [0, 0.05) is 11.3 Å². The standard InChI is InChI=1S/C12H12N2O2S/c15-6-5-14-11(16)7-10-12(14)13-8-3-1-2-4-9(8)17-10/h1-4,10,15H,5-7H2/t10-/m0/s1. The summed E-state index contributed by atoms with van der Waals surface area (Å²) in [6, 6.07) is 7.90. The highest BCUT2D eigenvalue weighted by molar-refractivity contribution is 8.01. The number of amidine groups is 1. The number of para-hydroxylation sites is 1. The van der Waals surface area contributed by atoms with Crippen molar-refractivity contribution in [3.05, 3.63) is 24.3 Å². The smallest absolute Gasteiger partial charge is 0.229 e. The molecule has 1 amide bonds. The highest BCUT2D eigenvalue weighted by Crippen LogP contribution is 2.42. The normalized spacial score (nSPS) is 22.2. The number of aliphatic imine (C=N–C) groups is 1. The van der Waals surface area contributed by atoms with Crippen molar-refractivity contribution in [1.82, 2.24) is 4.90 Å². The first-order valence-corrected chi connectivity index (χ1v) is 6.43. The second-order valence-corrected chi connectivity index (χ2v) is 5.26. The molecular formula is C12H12N2O2S. The van der Waals surface area contributed by atoms with Crippen LogP contribution < -0.4 is 0 Å². The number of carbonyl (C=O) groups excluding carboxylic acids is 1. The number of hydrogen-bond acceptors (Lipinski definition) is 4. The van der Waals surface area contributed by atoms with Gasteiger partial charge < -0.3 is 5.11 Å². The minimum atomic E-state index is -0.0240. The van der Waals surface area contributed by atoms with Gasteiger partial charge in [0.1, 0.15) is 5.84 Å². The van der Waals surface area contributed by atoms with Gasteiger partial charge in [-0.05, 0) is 12.1 Å². The summed E-state index contributed by atoms with van der Waals surface area (Å²) in [5.41, 5.74) is 0.918. The summed E-state index contributed by atoms with van der Waals surface area (Å²) in [7, 11) is 0. The van der Waals surface area contributed by atoms with Crippen LogP contribution in [0.3, 0.4) is 0 Å². The maximum Gasteiger partial charge on any atom is 0.229 e. The SMILES string of the molecule is O=C1C[C@@H]2Sc3ccccc3N=C2N1CCO. The van der Waals surface area contributed by atoms with Crippen LogP contribution in [0.1, 0.15) is 6.42 Å². The largest absolute Gasteiger partial charge is 0.395 e. The Kier molecular flexibility index (Phi) is 2.64. The van der Waals surface area contributed by atoms with E-state index in [2.05, 4.69) is 4.99 Å². The number of thioether (sulfide) groups is 1. The van der Waals surface area contributed by atoms with Gasteiger partial charge in [-0.2, -0.15) is 0 Å². The van der Waals surface area contributed by atoms with Gasteiger partial charge in [-0.3, -0.25) is 9.69 Å². The second kappa shape index (κ2) is 4.16. The Morgan fingerprint density at radius 2 is 2.29 bits per heavy atom. The third-order valence-corrected chi connectivity index (χ3v) is 4.18. The van der Waals surface area contributed by atoms with Gasteiger partial charge >= 0.3 is 0 Å². The number of aliphatic hydroxyl groups is 1. The van der Waals surface area contributed by atoms with Crippen molar-refractivity contribution in [3.8, 4) is 0 Å². The molecule has 3 rings (SSSR count). The van der Waals surface area contributed by atoms with Crippen LogP contribution in [0.4, 0.5) is 5.69 Å². The summed E-state index contributed by atoms with van der Waals surface area (Å²) in [6.07, 6.45) is 0.484. The first-order valence-electron chi connectivity index (χ1n) is 5.55. The maximum atomic E-state index is 11.8. The van der Waals surface area contributed by atoms with E-state index in [-0.39, 0.29) is 17.8 Å². The van der Waals surface area contributed by atoms with Crippen LogP contribution in [0.15, 0.2) is 34.2 Å². The lowest BCUT2D eigenvalue weighted by atomic mass is 10.3. The van der Waals surface area contributed by atoms with Crippen LogP contribution in [0.5, 0.6) is 0 Å². The van der Waals surface area contributed by atoms with E-state index in [0.29, 0.717) is 13.0 Å². The molecule has 0 unspecified atom stereocenters. The van der Waals surface area contributed by atoms with Crippen LogP contribution in [0, 0.1) is 0 Å². The number of hydrogen-bond donors (Lipinski definition) is 1. The zero-order chi connectivity index (χ0) is 11.8. The first kappa shape index (κ1) is 10.8. The van der Waals surface area contributed by atoms with Gasteiger partial charge in [-0.15, -0.1) is 11.8 Å². The molecule has 88 valence electrons. The van der Waals surface area contributed by atoms with E-state index in [1.807, 2.05) is 24.3 Å². The van der Waals surface area contributed by atoms with Gasteiger partial charge in [0.25, 0.3) is 0 Å². The average Bonchev–Trinajstić information content (AvgIpc) is 2.63. The van der Waals surface area contributed by atoms with Crippen LogP contribution in [-0.2, 0) is 4.79 Å². The quantitative estimate of drug-likeness (QED) is 0.861. The van der Waals surface area contributed by atoms with Crippen LogP contribution in [0.25, 0.3) is 0 Å². The zero-order valence-corrected chi connectivity index (χ0v) is 9.98. The minimum Gasteiger partial charge on any atom is -0.395 e. The highest BCUT2D eigenvalue weighted by atomic mass is 32.2. The second-order valence-electron chi connectivity index (χ2n) is 4.02. The van der Waals surface area contributed by atoms with Gasteiger partial charge in [-0.1, -0.05) is 12.1 Å². The number of β-amino-alcohol motifs (C(OH)–C–C–N with tert-alkyl or cyclic N) is 1. The van der Waals surface area contributed by atoms with Gasteiger partial charge in [0.2, 0.25) is 5.91 Å². The lowest BCUT2D eigenvalue weighted by molar-refractivity contribution is -0.125. The summed E-state index contributed by atoms with van der Waals surface area (Å²) in [4.78, 5) is 19.1. The average molecular weight is 248 g/mol. The number of benzene rings is 1. The molecule has 0 saturated carbocycles. The number of nitrogens with zero attached hydrogens (tertiary/aromatic N) is 2. The molecule has 1 aromatic rings. The summed E-state index contributed by atoms with van der Waals surface area (Å²) in [5.74, 6) is 0.857. The van der Waals surface area contributed by atoms with Crippen molar-refractivity contribution in [3.63, 3.8) is 0 Å². The molecule has 1 N–H and O–H groups in total. The Hall–Kier alpha value is -1.33. The topological polar surface area (TPSA) is 52.9 Å². The molecule has 1 aromatic carbocycles. The molecular weight excluding hydrogens is 236 g/mol. The molecule has 0 bridgehead atoms. The number of likely N-dealkylation sites (tertiary alicyclic amines) is 1. The molecule has 0 spiro atoms. The van der Waals surface area contributed by atoms with E-state index in [0.717, 1.165) is 16.4 Å². The molecule has 0 radical (unpaired) electrons. The number of rotatable bonds is 2. The number of amides is 1. The minimum absolute atomic E-state index is 0.0240. The van der Waals surface area contributed by atoms with E-state index < -0.39 is 0 Å². The molecule has 1 saturated heterocycles. The molecule has 1 atom stereocenters. The van der Waals surface area contributed by atoms with Crippen molar-refractivity contribution < 1.29 is 9.90 Å². The predicted octanol–water partition coefficient (Wildman–Crippen LogP) is 1.42. The predicted molar refractivity (Wildman–Crippen MR) is 66.6 cm³/mol. The van der Waals surface area contributed by atoms with Crippen LogP contribution in [-0.4, -0.2) is 40.2 Å². The van der Waals surface area contributed by atoms with E-state index in [9.17, 15) is 4.79 Å². The van der Waals surface area contributed by atoms with Crippen molar-refractivity contribution in [2.45, 2.75) is 16.6 Å². The number of aliphatic hydroxyl groups excluding tert-OH is 1. The fourth-order valence-electron chi connectivity index (χ4n) is 2.15. The lowest BCUT2D eigenvalue weighted by Crippen LogP contribution is -2.34. The van der Waals surface area contributed by atoms with Crippen molar-refractivity contribution >= 4 is 29.2 Å². The van der Waals surface area contributed by atoms with E-state index in [1.165, 1.54) is 0 Å². The fourth-order valence-corrected chi connectivity index (χ4v) is 3.36.